The second-order valence-corrected chi connectivity index (χ2v) is 7.51. The highest BCUT2D eigenvalue weighted by atomic mass is 19.4. The zero-order valence-electron chi connectivity index (χ0n) is 16.3. The van der Waals surface area contributed by atoms with Crippen LogP contribution in [-0.2, 0) is 13.1 Å². The number of nitrogens with two attached hydrogens (primary N) is 1. The number of anilines is 1. The Labute approximate surface area is 169 Å². The van der Waals surface area contributed by atoms with Crippen molar-refractivity contribution < 1.29 is 22.1 Å². The van der Waals surface area contributed by atoms with Gasteiger partial charge in [0.1, 0.15) is 18.4 Å². The topological polar surface area (TPSA) is 85.1 Å². The van der Waals surface area contributed by atoms with Crippen LogP contribution >= 0.6 is 0 Å². The summed E-state index contributed by atoms with van der Waals surface area (Å²) in [4.78, 5) is 5.98. The Morgan fingerprint density at radius 1 is 1.33 bits per heavy atom. The smallest absolute Gasteiger partial charge is 0.379 e. The predicted octanol–water partition coefficient (Wildman–Crippen LogP) is 3.17. The van der Waals surface area contributed by atoms with Crippen molar-refractivity contribution in [2.24, 2.45) is 5.73 Å². The Morgan fingerprint density at radius 3 is 2.80 bits per heavy atom. The van der Waals surface area contributed by atoms with Gasteiger partial charge in [-0.05, 0) is 31.7 Å². The molecule has 0 saturated carbocycles. The minimum Gasteiger partial charge on any atom is -0.379 e. The maximum Gasteiger partial charge on any atom is 0.406 e. The number of nitrogens with one attached hydrogen (secondary N) is 1. The Bertz CT molecular complexity index is 1030. The second kappa shape index (κ2) is 7.88. The monoisotopic (exact) mass is 426 g/mol. The molecule has 0 aliphatic carbocycles. The lowest BCUT2D eigenvalue weighted by Gasteiger charge is -2.33. The lowest BCUT2D eigenvalue weighted by atomic mass is 10.0. The SMILES string of the molecule is CN1CC[C@@H](Nc2cccc3c2cc(-c2nc(CN)no2)n3CC(F)(F)F)[C@@H](F)C1. The van der Waals surface area contributed by atoms with Crippen molar-refractivity contribution in [3.8, 4) is 11.6 Å². The van der Waals surface area contributed by atoms with E-state index in [0.717, 1.165) is 11.1 Å². The number of piperidine rings is 1. The first-order valence-electron chi connectivity index (χ1n) is 9.56. The highest BCUT2D eigenvalue weighted by Gasteiger charge is 2.32. The zero-order chi connectivity index (χ0) is 21.5. The van der Waals surface area contributed by atoms with Crippen LogP contribution in [0.3, 0.4) is 0 Å². The van der Waals surface area contributed by atoms with Crippen molar-refractivity contribution in [2.45, 2.75) is 37.9 Å². The molecule has 2 aromatic heterocycles. The van der Waals surface area contributed by atoms with Crippen molar-refractivity contribution in [2.75, 3.05) is 25.5 Å². The lowest BCUT2D eigenvalue weighted by molar-refractivity contribution is -0.139. The summed E-state index contributed by atoms with van der Waals surface area (Å²) in [6.45, 7) is -0.185. The van der Waals surface area contributed by atoms with Gasteiger partial charge in [0.15, 0.2) is 5.82 Å². The summed E-state index contributed by atoms with van der Waals surface area (Å²) in [6, 6.07) is 6.09. The van der Waals surface area contributed by atoms with Crippen LogP contribution in [0, 0.1) is 0 Å². The molecule has 3 heterocycles. The number of nitrogens with zero attached hydrogens (tertiary/aromatic N) is 4. The van der Waals surface area contributed by atoms with E-state index in [0.29, 0.717) is 29.6 Å². The molecule has 3 aromatic rings. The Hall–Kier alpha value is -2.66. The molecule has 7 nitrogen and oxygen atoms in total. The van der Waals surface area contributed by atoms with Crippen LogP contribution in [0.5, 0.6) is 0 Å². The van der Waals surface area contributed by atoms with Gasteiger partial charge in [0.05, 0.1) is 18.1 Å². The lowest BCUT2D eigenvalue weighted by Crippen LogP contribution is -2.46. The Balaban J connectivity index is 1.77. The van der Waals surface area contributed by atoms with Crippen LogP contribution < -0.4 is 11.1 Å². The maximum absolute atomic E-state index is 14.5. The minimum absolute atomic E-state index is 0.00379. The first kappa shape index (κ1) is 20.6. The summed E-state index contributed by atoms with van der Waals surface area (Å²) < 4.78 is 60.6. The normalized spacial score (nSPS) is 20.7. The van der Waals surface area contributed by atoms with Gasteiger partial charge in [-0.15, -0.1) is 0 Å². The summed E-state index contributed by atoms with van der Waals surface area (Å²) in [5.74, 6) is 0.142. The number of hydrogen-bond acceptors (Lipinski definition) is 6. The average molecular weight is 426 g/mol. The highest BCUT2D eigenvalue weighted by Crippen LogP contribution is 2.35. The van der Waals surface area contributed by atoms with Crippen LogP contribution in [0.4, 0.5) is 23.2 Å². The van der Waals surface area contributed by atoms with Crippen molar-refractivity contribution in [3.05, 3.63) is 30.1 Å². The Kier molecular flexibility index (Phi) is 5.41. The third-order valence-electron chi connectivity index (χ3n) is 5.24. The van der Waals surface area contributed by atoms with Crippen molar-refractivity contribution in [1.82, 2.24) is 19.6 Å². The van der Waals surface area contributed by atoms with E-state index in [-0.39, 0.29) is 24.0 Å². The molecule has 1 aromatic carbocycles. The largest absolute Gasteiger partial charge is 0.406 e. The zero-order valence-corrected chi connectivity index (χ0v) is 16.3. The van der Waals surface area contributed by atoms with E-state index >= 15 is 0 Å². The van der Waals surface area contributed by atoms with Crippen LogP contribution in [0.25, 0.3) is 22.5 Å². The number of rotatable bonds is 5. The van der Waals surface area contributed by atoms with E-state index < -0.39 is 24.9 Å². The summed E-state index contributed by atoms with van der Waals surface area (Å²) in [6.07, 6.45) is -4.95. The standard InChI is InChI=1S/C19H22F4N6O/c1-28-6-5-14(12(20)9-28)25-13-3-2-4-15-11(13)7-16(29(15)10-19(21,22)23)18-26-17(8-24)27-30-18/h2-4,7,12,14,25H,5-6,8-10,24H2,1H3/t12-,14+/m0/s1. The number of alkyl halides is 4. The fourth-order valence-corrected chi connectivity index (χ4v) is 3.80. The highest BCUT2D eigenvalue weighted by molar-refractivity contribution is 5.96. The van der Waals surface area contributed by atoms with E-state index in [2.05, 4.69) is 15.5 Å². The average Bonchev–Trinajstić information content (AvgIpc) is 3.28. The molecule has 0 bridgehead atoms. The van der Waals surface area contributed by atoms with Gasteiger partial charge < -0.3 is 25.0 Å². The van der Waals surface area contributed by atoms with Gasteiger partial charge in [-0.1, -0.05) is 11.2 Å². The third kappa shape index (κ3) is 4.12. The fourth-order valence-electron chi connectivity index (χ4n) is 3.80. The molecule has 30 heavy (non-hydrogen) atoms. The van der Waals surface area contributed by atoms with E-state index in [9.17, 15) is 17.6 Å². The molecule has 4 rings (SSSR count). The van der Waals surface area contributed by atoms with Gasteiger partial charge in [0.25, 0.3) is 5.89 Å². The number of likely N-dealkylation sites (tertiary alicyclic amines) is 1. The molecular weight excluding hydrogens is 404 g/mol. The fraction of sp³-hybridized carbons (Fsp3) is 0.474. The van der Waals surface area contributed by atoms with E-state index in [1.54, 1.807) is 24.3 Å². The quantitative estimate of drug-likeness (QED) is 0.610. The first-order chi connectivity index (χ1) is 14.2. The molecule has 1 fully saturated rings. The van der Waals surface area contributed by atoms with Gasteiger partial charge in [-0.25, -0.2) is 4.39 Å². The minimum atomic E-state index is -4.46. The number of halogens is 4. The van der Waals surface area contributed by atoms with Crippen molar-refractivity contribution >= 4 is 16.6 Å². The van der Waals surface area contributed by atoms with Crippen molar-refractivity contribution in [1.29, 1.82) is 0 Å². The molecule has 0 unspecified atom stereocenters. The molecule has 0 spiro atoms. The van der Waals surface area contributed by atoms with Crippen LogP contribution in [0.2, 0.25) is 0 Å². The molecule has 1 aliphatic heterocycles. The molecular formula is C19H22F4N6O. The first-order valence-corrected chi connectivity index (χ1v) is 9.56. The Morgan fingerprint density at radius 2 is 2.13 bits per heavy atom. The van der Waals surface area contributed by atoms with Gasteiger partial charge in [0.2, 0.25) is 0 Å². The molecule has 0 amide bonds. The van der Waals surface area contributed by atoms with Crippen LogP contribution in [-0.4, -0.2) is 58.1 Å². The molecule has 11 heteroatoms. The van der Waals surface area contributed by atoms with Crippen LogP contribution in [0.15, 0.2) is 28.8 Å². The third-order valence-corrected chi connectivity index (χ3v) is 5.24. The molecule has 1 aliphatic rings. The molecule has 1 saturated heterocycles. The van der Waals surface area contributed by atoms with E-state index in [1.807, 2.05) is 11.9 Å². The van der Waals surface area contributed by atoms with Gasteiger partial charge in [-0.3, -0.25) is 0 Å². The summed E-state index contributed by atoms with van der Waals surface area (Å²) in [5.41, 5.74) is 6.51. The molecule has 2 atom stereocenters. The molecule has 0 radical (unpaired) electrons. The summed E-state index contributed by atoms with van der Waals surface area (Å²) in [7, 11) is 1.85. The van der Waals surface area contributed by atoms with Crippen molar-refractivity contribution in [3.63, 3.8) is 0 Å². The van der Waals surface area contributed by atoms with Gasteiger partial charge in [0, 0.05) is 24.2 Å². The number of benzene rings is 1. The number of hydrogen-bond donors (Lipinski definition) is 2. The van der Waals surface area contributed by atoms with E-state index in [4.69, 9.17) is 10.3 Å². The number of aromatic nitrogens is 3. The predicted molar refractivity (Wildman–Crippen MR) is 104 cm³/mol. The molecule has 162 valence electrons. The van der Waals surface area contributed by atoms with E-state index in [1.165, 1.54) is 0 Å². The summed E-state index contributed by atoms with van der Waals surface area (Å²) >= 11 is 0. The van der Waals surface area contributed by atoms with Gasteiger partial charge >= 0.3 is 6.18 Å². The van der Waals surface area contributed by atoms with Gasteiger partial charge in [-0.2, -0.15) is 18.2 Å². The number of fused-ring (bicyclic) bond motifs is 1. The summed E-state index contributed by atoms with van der Waals surface area (Å²) in [5, 5.41) is 7.38. The van der Waals surface area contributed by atoms with Crippen LogP contribution in [0.1, 0.15) is 12.2 Å². The second-order valence-electron chi connectivity index (χ2n) is 7.51. The molecule has 3 N–H and O–H groups in total. The maximum atomic E-state index is 14.5.